The Morgan fingerprint density at radius 3 is 2.81 bits per heavy atom. The Bertz CT molecular complexity index is 601. The first-order valence-corrected chi connectivity index (χ1v) is 10.8. The van der Waals surface area contributed by atoms with Gasteiger partial charge in [0.05, 0.1) is 11.8 Å². The van der Waals surface area contributed by atoms with E-state index in [1.165, 1.54) is 38.5 Å². The van der Waals surface area contributed by atoms with Gasteiger partial charge in [0.1, 0.15) is 6.61 Å². The van der Waals surface area contributed by atoms with Crippen molar-refractivity contribution in [1.82, 2.24) is 0 Å². The van der Waals surface area contributed by atoms with Crippen LogP contribution in [-0.2, 0) is 4.84 Å². The molecule has 0 amide bonds. The van der Waals surface area contributed by atoms with Crippen molar-refractivity contribution in [3.05, 3.63) is 11.6 Å². The SMILES string of the molecule is C[C@]12CC/C(=N\OCCCN)C=C1CCC1C2CC[C@@]2(C)C1CC[C@H]2O. The van der Waals surface area contributed by atoms with Crippen LogP contribution in [0.2, 0.25) is 0 Å². The van der Waals surface area contributed by atoms with E-state index >= 15 is 0 Å². The second kappa shape index (κ2) is 6.94. The van der Waals surface area contributed by atoms with Gasteiger partial charge in [-0.25, -0.2) is 0 Å². The highest BCUT2D eigenvalue weighted by Gasteiger charge is 2.58. The third-order valence-corrected chi connectivity index (χ3v) is 8.55. The first kappa shape index (κ1) is 18.5. The number of nitrogens with zero attached hydrogens (tertiary/aromatic N) is 1. The van der Waals surface area contributed by atoms with Crippen molar-refractivity contribution in [3.8, 4) is 0 Å². The van der Waals surface area contributed by atoms with E-state index < -0.39 is 0 Å². The molecule has 4 rings (SSSR count). The summed E-state index contributed by atoms with van der Waals surface area (Å²) < 4.78 is 0. The number of hydrogen-bond acceptors (Lipinski definition) is 4. The van der Waals surface area contributed by atoms with Crippen LogP contribution in [0.15, 0.2) is 16.8 Å². The minimum atomic E-state index is -0.0750. The largest absolute Gasteiger partial charge is 0.396 e. The van der Waals surface area contributed by atoms with Gasteiger partial charge >= 0.3 is 0 Å². The molecule has 0 bridgehead atoms. The number of aliphatic hydroxyl groups is 1. The standard InChI is InChI=1S/C22H36N2O2/c1-21-10-8-16(24-26-13-3-12-23)14-15(21)4-5-17-18-6-7-20(25)22(18,2)11-9-19(17)21/h14,17-20,25H,3-13,23H2,1-2H3/b24-16+/t17?,18?,19?,20-,21+,22+/m1/s1. The number of nitrogens with two attached hydrogens (primary N) is 1. The molecule has 3 fully saturated rings. The van der Waals surface area contributed by atoms with Crippen molar-refractivity contribution >= 4 is 5.71 Å². The van der Waals surface area contributed by atoms with Crippen LogP contribution in [-0.4, -0.2) is 30.1 Å². The van der Waals surface area contributed by atoms with Crippen LogP contribution in [0.4, 0.5) is 0 Å². The second-order valence-corrected chi connectivity index (χ2v) is 9.70. The van der Waals surface area contributed by atoms with Crippen LogP contribution in [0.1, 0.15) is 71.6 Å². The van der Waals surface area contributed by atoms with Crippen LogP contribution in [0.5, 0.6) is 0 Å². The van der Waals surface area contributed by atoms with E-state index in [0.717, 1.165) is 42.7 Å². The highest BCUT2D eigenvalue weighted by molar-refractivity contribution is 5.96. The van der Waals surface area contributed by atoms with Gasteiger partial charge in [0.25, 0.3) is 0 Å². The minimum Gasteiger partial charge on any atom is -0.396 e. The van der Waals surface area contributed by atoms with Gasteiger partial charge in [-0.1, -0.05) is 24.6 Å². The molecule has 0 aromatic rings. The van der Waals surface area contributed by atoms with Crippen molar-refractivity contribution in [2.45, 2.75) is 77.7 Å². The third kappa shape index (κ3) is 2.84. The lowest BCUT2D eigenvalue weighted by atomic mass is 9.47. The first-order valence-electron chi connectivity index (χ1n) is 10.8. The number of aliphatic hydroxyl groups excluding tert-OH is 1. The van der Waals surface area contributed by atoms with Crippen molar-refractivity contribution in [2.75, 3.05) is 13.2 Å². The number of allylic oxidation sites excluding steroid dienone is 2. The zero-order chi connectivity index (χ0) is 18.4. The molecular weight excluding hydrogens is 324 g/mol. The number of hydrogen-bond donors (Lipinski definition) is 2. The average Bonchev–Trinajstić information content (AvgIpc) is 2.94. The molecule has 0 spiro atoms. The van der Waals surface area contributed by atoms with Gasteiger partial charge in [0, 0.05) is 0 Å². The molecule has 6 atom stereocenters. The summed E-state index contributed by atoms with van der Waals surface area (Å²) >= 11 is 0. The van der Waals surface area contributed by atoms with Gasteiger partial charge in [-0.3, -0.25) is 0 Å². The lowest BCUT2D eigenvalue weighted by Gasteiger charge is -2.57. The minimum absolute atomic E-state index is 0.0750. The third-order valence-electron chi connectivity index (χ3n) is 8.55. The van der Waals surface area contributed by atoms with Gasteiger partial charge in [-0.05, 0) is 99.0 Å². The van der Waals surface area contributed by atoms with Crippen molar-refractivity contribution in [2.24, 2.45) is 39.5 Å². The summed E-state index contributed by atoms with van der Waals surface area (Å²) in [6.07, 6.45) is 12.6. The van der Waals surface area contributed by atoms with Crippen LogP contribution in [0.3, 0.4) is 0 Å². The quantitative estimate of drug-likeness (QED) is 0.587. The number of oxime groups is 1. The molecule has 4 aliphatic rings. The lowest BCUT2D eigenvalue weighted by molar-refractivity contribution is -0.0722. The van der Waals surface area contributed by atoms with Gasteiger partial charge in [-0.2, -0.15) is 0 Å². The van der Waals surface area contributed by atoms with Crippen LogP contribution in [0, 0.1) is 28.6 Å². The van der Waals surface area contributed by atoms with E-state index in [1.54, 1.807) is 5.57 Å². The molecule has 3 saturated carbocycles. The monoisotopic (exact) mass is 360 g/mol. The fourth-order valence-corrected chi connectivity index (χ4v) is 6.89. The van der Waals surface area contributed by atoms with E-state index in [9.17, 15) is 5.11 Å². The Balaban J connectivity index is 1.52. The topological polar surface area (TPSA) is 67.8 Å². The fourth-order valence-electron chi connectivity index (χ4n) is 6.89. The van der Waals surface area contributed by atoms with E-state index in [0.29, 0.717) is 18.6 Å². The zero-order valence-electron chi connectivity index (χ0n) is 16.5. The average molecular weight is 361 g/mol. The van der Waals surface area contributed by atoms with Crippen molar-refractivity contribution in [3.63, 3.8) is 0 Å². The van der Waals surface area contributed by atoms with Gasteiger partial charge in [0.2, 0.25) is 0 Å². The summed E-state index contributed by atoms with van der Waals surface area (Å²) in [5.41, 5.74) is 8.74. The van der Waals surface area contributed by atoms with E-state index in [-0.39, 0.29) is 11.5 Å². The first-order chi connectivity index (χ1) is 12.5. The Kier molecular flexibility index (Phi) is 4.94. The van der Waals surface area contributed by atoms with Crippen LogP contribution in [0.25, 0.3) is 0 Å². The molecule has 4 nitrogen and oxygen atoms in total. The summed E-state index contributed by atoms with van der Waals surface area (Å²) in [5.74, 6) is 2.31. The molecule has 0 aromatic carbocycles. The molecule has 0 radical (unpaired) electrons. The fraction of sp³-hybridized carbons (Fsp3) is 0.864. The Hall–Kier alpha value is -0.870. The molecule has 146 valence electrons. The predicted molar refractivity (Wildman–Crippen MR) is 105 cm³/mol. The summed E-state index contributed by atoms with van der Waals surface area (Å²) in [4.78, 5) is 5.45. The molecule has 0 aromatic heterocycles. The molecule has 0 heterocycles. The number of fused-ring (bicyclic) bond motifs is 5. The maximum Gasteiger partial charge on any atom is 0.118 e. The van der Waals surface area contributed by atoms with Crippen LogP contribution >= 0.6 is 0 Å². The molecule has 26 heavy (non-hydrogen) atoms. The van der Waals surface area contributed by atoms with Crippen molar-refractivity contribution in [1.29, 1.82) is 0 Å². The lowest BCUT2D eigenvalue weighted by Crippen LogP contribution is -2.51. The van der Waals surface area contributed by atoms with Gasteiger partial charge in [-0.15, -0.1) is 0 Å². The molecule has 0 saturated heterocycles. The van der Waals surface area contributed by atoms with Crippen LogP contribution < -0.4 is 5.73 Å². The second-order valence-electron chi connectivity index (χ2n) is 9.70. The summed E-state index contributed by atoms with van der Waals surface area (Å²) in [7, 11) is 0. The highest BCUT2D eigenvalue weighted by atomic mass is 16.6. The predicted octanol–water partition coefficient (Wildman–Crippen LogP) is 4.03. The van der Waals surface area contributed by atoms with E-state index in [4.69, 9.17) is 10.6 Å². The Morgan fingerprint density at radius 1 is 1.15 bits per heavy atom. The zero-order valence-corrected chi connectivity index (χ0v) is 16.5. The number of rotatable bonds is 4. The highest BCUT2D eigenvalue weighted by Crippen LogP contribution is 2.65. The Morgan fingerprint density at radius 2 is 2.00 bits per heavy atom. The molecule has 0 aliphatic heterocycles. The van der Waals surface area contributed by atoms with E-state index in [2.05, 4.69) is 25.1 Å². The molecule has 3 unspecified atom stereocenters. The molecular formula is C22H36N2O2. The smallest absolute Gasteiger partial charge is 0.118 e. The van der Waals surface area contributed by atoms with Crippen molar-refractivity contribution < 1.29 is 9.94 Å². The molecule has 4 aliphatic carbocycles. The normalized spacial score (nSPS) is 46.3. The summed E-state index contributed by atoms with van der Waals surface area (Å²) in [6.45, 7) is 6.15. The Labute approximate surface area is 158 Å². The van der Waals surface area contributed by atoms with Gasteiger partial charge < -0.3 is 15.7 Å². The molecule has 3 N–H and O–H groups in total. The summed E-state index contributed by atoms with van der Waals surface area (Å²) in [5, 5.41) is 14.9. The maximum absolute atomic E-state index is 10.6. The maximum atomic E-state index is 10.6. The van der Waals surface area contributed by atoms with Gasteiger partial charge in [0.15, 0.2) is 0 Å². The molecule has 4 heteroatoms. The van der Waals surface area contributed by atoms with E-state index in [1.807, 2.05) is 0 Å². The summed E-state index contributed by atoms with van der Waals surface area (Å²) in [6, 6.07) is 0.